The second-order valence-electron chi connectivity index (χ2n) is 6.34. The molecule has 2 heterocycles. The Morgan fingerprint density at radius 2 is 1.89 bits per heavy atom. The molecule has 1 aromatic heterocycles. The highest BCUT2D eigenvalue weighted by Crippen LogP contribution is 2.28. The summed E-state index contributed by atoms with van der Waals surface area (Å²) in [5, 5.41) is 10.0. The van der Waals surface area contributed by atoms with Crippen molar-refractivity contribution in [2.45, 2.75) is 25.8 Å². The van der Waals surface area contributed by atoms with Crippen molar-refractivity contribution >= 4 is 23.5 Å². The standard InChI is InChI=1S/C20H19N5O2/c1-2-13-8-6-7-11-15(13)21-17(26)12-16-19(27)23-20-22-18(24-25(16)20)14-9-4-3-5-10-14/h3-11,16H,2,12H2,1H3,(H,21,26)(H,22,23,24,27). The van der Waals surface area contributed by atoms with Crippen LogP contribution in [-0.2, 0) is 16.0 Å². The van der Waals surface area contributed by atoms with Gasteiger partial charge in [0.1, 0.15) is 6.04 Å². The summed E-state index contributed by atoms with van der Waals surface area (Å²) in [7, 11) is 0. The molecule has 0 fully saturated rings. The molecule has 7 nitrogen and oxygen atoms in total. The predicted octanol–water partition coefficient (Wildman–Crippen LogP) is 3.03. The Balaban J connectivity index is 1.53. The number of rotatable bonds is 5. The number of carbonyl (C=O) groups is 2. The minimum absolute atomic E-state index is 0.00548. The summed E-state index contributed by atoms with van der Waals surface area (Å²) in [6, 6.07) is 16.4. The fourth-order valence-corrected chi connectivity index (χ4v) is 3.15. The molecule has 1 aliphatic heterocycles. The molecule has 7 heteroatoms. The van der Waals surface area contributed by atoms with Crippen molar-refractivity contribution in [2.75, 3.05) is 10.6 Å². The van der Waals surface area contributed by atoms with Crippen LogP contribution in [0.3, 0.4) is 0 Å². The van der Waals surface area contributed by atoms with E-state index in [0.717, 1.165) is 23.2 Å². The number of fused-ring (bicyclic) bond motifs is 1. The number of benzene rings is 2. The normalized spacial score (nSPS) is 15.3. The van der Waals surface area contributed by atoms with Crippen LogP contribution in [0.25, 0.3) is 11.4 Å². The van der Waals surface area contributed by atoms with E-state index >= 15 is 0 Å². The molecule has 2 aromatic carbocycles. The van der Waals surface area contributed by atoms with Crippen LogP contribution in [0.5, 0.6) is 0 Å². The summed E-state index contributed by atoms with van der Waals surface area (Å²) in [6.45, 7) is 2.03. The number of nitrogens with zero attached hydrogens (tertiary/aromatic N) is 3. The maximum Gasteiger partial charge on any atom is 0.252 e. The van der Waals surface area contributed by atoms with E-state index in [0.29, 0.717) is 11.8 Å². The smallest absolute Gasteiger partial charge is 0.252 e. The minimum atomic E-state index is -0.709. The number of aryl methyl sites for hydroxylation is 1. The molecule has 3 aromatic rings. The zero-order valence-corrected chi connectivity index (χ0v) is 14.8. The van der Waals surface area contributed by atoms with Crippen LogP contribution < -0.4 is 10.6 Å². The van der Waals surface area contributed by atoms with E-state index in [1.165, 1.54) is 4.68 Å². The maximum atomic E-state index is 12.5. The molecule has 0 aliphatic carbocycles. The Bertz CT molecular complexity index is 997. The third-order valence-electron chi connectivity index (χ3n) is 4.55. The van der Waals surface area contributed by atoms with Crippen LogP contribution in [0.4, 0.5) is 11.6 Å². The number of carbonyl (C=O) groups excluding carboxylic acids is 2. The van der Waals surface area contributed by atoms with Crippen LogP contribution in [0, 0.1) is 0 Å². The Kier molecular flexibility index (Phi) is 4.42. The van der Waals surface area contributed by atoms with Gasteiger partial charge in [-0.3, -0.25) is 14.9 Å². The van der Waals surface area contributed by atoms with Gasteiger partial charge in [0, 0.05) is 11.3 Å². The van der Waals surface area contributed by atoms with Gasteiger partial charge in [-0.25, -0.2) is 4.68 Å². The lowest BCUT2D eigenvalue weighted by molar-refractivity contribution is -0.123. The molecule has 0 spiro atoms. The van der Waals surface area contributed by atoms with Crippen LogP contribution in [-0.4, -0.2) is 26.6 Å². The summed E-state index contributed by atoms with van der Waals surface area (Å²) < 4.78 is 1.50. The number of amides is 2. The molecule has 2 N–H and O–H groups in total. The van der Waals surface area contributed by atoms with Gasteiger partial charge in [-0.2, -0.15) is 4.98 Å². The second-order valence-corrected chi connectivity index (χ2v) is 6.34. The Hall–Kier alpha value is -3.48. The van der Waals surface area contributed by atoms with E-state index in [1.807, 2.05) is 61.5 Å². The van der Waals surface area contributed by atoms with Gasteiger partial charge in [0.05, 0.1) is 6.42 Å². The van der Waals surface area contributed by atoms with E-state index in [4.69, 9.17) is 0 Å². The van der Waals surface area contributed by atoms with Crippen molar-refractivity contribution in [2.24, 2.45) is 0 Å². The Morgan fingerprint density at radius 3 is 2.67 bits per heavy atom. The molecule has 1 unspecified atom stereocenters. The monoisotopic (exact) mass is 361 g/mol. The SMILES string of the molecule is CCc1ccccc1NC(=O)CC1C(=O)Nc2nc(-c3ccccc3)nn21. The van der Waals surface area contributed by atoms with Gasteiger partial charge in [0.15, 0.2) is 5.82 Å². The van der Waals surface area contributed by atoms with E-state index in [1.54, 1.807) is 0 Å². The zero-order valence-electron chi connectivity index (χ0n) is 14.8. The average molecular weight is 361 g/mol. The van der Waals surface area contributed by atoms with Crippen LogP contribution >= 0.6 is 0 Å². The van der Waals surface area contributed by atoms with Crippen molar-refractivity contribution in [3.8, 4) is 11.4 Å². The molecule has 0 saturated heterocycles. The highest BCUT2D eigenvalue weighted by molar-refractivity contribution is 6.01. The Morgan fingerprint density at radius 1 is 1.15 bits per heavy atom. The molecular weight excluding hydrogens is 342 g/mol. The molecular formula is C20H19N5O2. The zero-order chi connectivity index (χ0) is 18.8. The largest absolute Gasteiger partial charge is 0.326 e. The molecule has 2 amide bonds. The Labute approximate surface area is 156 Å². The number of para-hydroxylation sites is 1. The predicted molar refractivity (Wildman–Crippen MR) is 102 cm³/mol. The third kappa shape index (κ3) is 3.31. The summed E-state index contributed by atoms with van der Waals surface area (Å²) in [6.07, 6.45) is 0.808. The summed E-state index contributed by atoms with van der Waals surface area (Å²) in [5.74, 6) is 0.377. The quantitative estimate of drug-likeness (QED) is 0.731. The highest BCUT2D eigenvalue weighted by Gasteiger charge is 2.35. The number of hydrogen-bond acceptors (Lipinski definition) is 4. The summed E-state index contributed by atoms with van der Waals surface area (Å²) in [5.41, 5.74) is 2.68. The first-order valence-electron chi connectivity index (χ1n) is 8.86. The van der Waals surface area contributed by atoms with E-state index < -0.39 is 6.04 Å². The maximum absolute atomic E-state index is 12.5. The van der Waals surface area contributed by atoms with Gasteiger partial charge in [-0.05, 0) is 18.1 Å². The van der Waals surface area contributed by atoms with Crippen molar-refractivity contribution < 1.29 is 9.59 Å². The third-order valence-corrected chi connectivity index (χ3v) is 4.55. The van der Waals surface area contributed by atoms with Crippen LogP contribution in [0.2, 0.25) is 0 Å². The van der Waals surface area contributed by atoms with Gasteiger partial charge < -0.3 is 5.32 Å². The average Bonchev–Trinajstić information content (AvgIpc) is 3.22. The van der Waals surface area contributed by atoms with E-state index in [-0.39, 0.29) is 18.2 Å². The number of aromatic nitrogens is 3. The highest BCUT2D eigenvalue weighted by atomic mass is 16.2. The van der Waals surface area contributed by atoms with Crippen molar-refractivity contribution in [1.82, 2.24) is 14.8 Å². The fraction of sp³-hybridized carbons (Fsp3) is 0.200. The first-order chi connectivity index (χ1) is 13.2. The molecule has 0 radical (unpaired) electrons. The second kappa shape index (κ2) is 7.03. The molecule has 27 heavy (non-hydrogen) atoms. The molecule has 0 bridgehead atoms. The summed E-state index contributed by atoms with van der Waals surface area (Å²) in [4.78, 5) is 29.1. The summed E-state index contributed by atoms with van der Waals surface area (Å²) >= 11 is 0. The first-order valence-corrected chi connectivity index (χ1v) is 8.86. The van der Waals surface area contributed by atoms with Gasteiger partial charge >= 0.3 is 0 Å². The lowest BCUT2D eigenvalue weighted by atomic mass is 10.1. The minimum Gasteiger partial charge on any atom is -0.326 e. The van der Waals surface area contributed by atoms with E-state index in [9.17, 15) is 9.59 Å². The molecule has 1 atom stereocenters. The van der Waals surface area contributed by atoms with Crippen molar-refractivity contribution in [3.05, 3.63) is 60.2 Å². The fourth-order valence-electron chi connectivity index (χ4n) is 3.15. The van der Waals surface area contributed by atoms with Gasteiger partial charge in [-0.1, -0.05) is 55.5 Å². The molecule has 4 rings (SSSR count). The van der Waals surface area contributed by atoms with Gasteiger partial charge in [0.25, 0.3) is 5.91 Å². The van der Waals surface area contributed by atoms with Crippen LogP contribution in [0.1, 0.15) is 24.9 Å². The van der Waals surface area contributed by atoms with Crippen molar-refractivity contribution in [3.63, 3.8) is 0 Å². The number of hydrogen-bond donors (Lipinski definition) is 2. The van der Waals surface area contributed by atoms with Gasteiger partial charge in [-0.15, -0.1) is 5.10 Å². The lowest BCUT2D eigenvalue weighted by Gasteiger charge is -2.12. The van der Waals surface area contributed by atoms with Gasteiger partial charge in [0.2, 0.25) is 11.9 Å². The lowest BCUT2D eigenvalue weighted by Crippen LogP contribution is -2.24. The molecule has 0 saturated carbocycles. The van der Waals surface area contributed by atoms with E-state index in [2.05, 4.69) is 20.7 Å². The molecule has 1 aliphatic rings. The number of anilines is 2. The van der Waals surface area contributed by atoms with Crippen LogP contribution in [0.15, 0.2) is 54.6 Å². The molecule has 136 valence electrons. The first kappa shape index (κ1) is 17.0. The van der Waals surface area contributed by atoms with Crippen molar-refractivity contribution in [1.29, 1.82) is 0 Å². The number of nitrogens with one attached hydrogen (secondary N) is 2. The topological polar surface area (TPSA) is 88.9 Å².